The van der Waals surface area contributed by atoms with Crippen molar-refractivity contribution in [1.82, 2.24) is 18.7 Å². The largest absolute Gasteiger partial charge is 0.338 e. The Kier molecular flexibility index (Phi) is 4.14. The van der Waals surface area contributed by atoms with Crippen molar-refractivity contribution >= 4 is 11.0 Å². The van der Waals surface area contributed by atoms with Gasteiger partial charge in [-0.25, -0.2) is 4.98 Å². The highest BCUT2D eigenvalue weighted by atomic mass is 16.2. The van der Waals surface area contributed by atoms with E-state index in [1.165, 1.54) is 4.57 Å². The molecule has 1 aromatic carbocycles. The molecule has 0 aliphatic carbocycles. The van der Waals surface area contributed by atoms with E-state index in [1.807, 2.05) is 49.0 Å². The minimum atomic E-state index is -0.452. The third kappa shape index (κ3) is 2.72. The fraction of sp³-hybridized carbons (Fsp3) is 0.353. The van der Waals surface area contributed by atoms with E-state index in [9.17, 15) is 9.59 Å². The van der Waals surface area contributed by atoms with E-state index < -0.39 is 11.1 Å². The number of nitrogens with zero attached hydrogens (tertiary/aromatic N) is 4. The molecule has 0 amide bonds. The van der Waals surface area contributed by atoms with Gasteiger partial charge in [0.05, 0.1) is 17.4 Å². The first-order valence-corrected chi connectivity index (χ1v) is 7.81. The van der Waals surface area contributed by atoms with Crippen LogP contribution in [0.2, 0.25) is 0 Å². The lowest BCUT2D eigenvalue weighted by Gasteiger charge is -2.13. The minimum absolute atomic E-state index is 0.449. The Balaban J connectivity index is 1.97. The summed E-state index contributed by atoms with van der Waals surface area (Å²) in [4.78, 5) is 28.8. The van der Waals surface area contributed by atoms with Crippen LogP contribution in [0.25, 0.3) is 11.0 Å². The summed E-state index contributed by atoms with van der Waals surface area (Å²) in [6, 6.07) is 7.56. The van der Waals surface area contributed by atoms with Crippen molar-refractivity contribution in [2.24, 2.45) is 7.05 Å². The molecule has 3 rings (SSSR count). The van der Waals surface area contributed by atoms with Gasteiger partial charge in [-0.2, -0.15) is 0 Å². The van der Waals surface area contributed by atoms with E-state index in [-0.39, 0.29) is 0 Å². The van der Waals surface area contributed by atoms with Crippen molar-refractivity contribution in [3.05, 3.63) is 63.2 Å². The van der Waals surface area contributed by atoms with Crippen molar-refractivity contribution in [2.75, 3.05) is 0 Å². The van der Waals surface area contributed by atoms with Gasteiger partial charge in [0, 0.05) is 32.0 Å². The van der Waals surface area contributed by atoms with Gasteiger partial charge >= 0.3 is 11.1 Å². The minimum Gasteiger partial charge on any atom is -0.338 e. The molecule has 0 saturated heterocycles. The lowest BCUT2D eigenvalue weighted by molar-refractivity contribution is 0.606. The van der Waals surface area contributed by atoms with Gasteiger partial charge in [-0.1, -0.05) is 12.1 Å². The highest BCUT2D eigenvalue weighted by molar-refractivity contribution is 5.75. The highest BCUT2D eigenvalue weighted by Crippen LogP contribution is 2.11. The first-order chi connectivity index (χ1) is 11.1. The Labute approximate surface area is 133 Å². The number of hydrogen-bond donors (Lipinski definition) is 0. The Morgan fingerprint density at radius 1 is 1.04 bits per heavy atom. The molecular weight excluding hydrogens is 292 g/mol. The third-order valence-corrected chi connectivity index (χ3v) is 4.18. The van der Waals surface area contributed by atoms with E-state index in [4.69, 9.17) is 0 Å². The Morgan fingerprint density at radius 3 is 2.30 bits per heavy atom. The Hall–Kier alpha value is -2.63. The van der Waals surface area contributed by atoms with Crippen molar-refractivity contribution in [3.63, 3.8) is 0 Å². The molecule has 0 aliphatic rings. The number of rotatable bonds is 5. The average molecular weight is 312 g/mol. The molecule has 0 unspecified atom stereocenters. The second kappa shape index (κ2) is 6.24. The van der Waals surface area contributed by atoms with Gasteiger partial charge in [-0.05, 0) is 31.9 Å². The summed E-state index contributed by atoms with van der Waals surface area (Å²) >= 11 is 0. The van der Waals surface area contributed by atoms with Crippen LogP contribution < -0.4 is 11.1 Å². The van der Waals surface area contributed by atoms with Gasteiger partial charge in [0.25, 0.3) is 0 Å². The molecule has 0 spiro atoms. The van der Waals surface area contributed by atoms with Crippen molar-refractivity contribution in [1.29, 1.82) is 0 Å². The van der Waals surface area contributed by atoms with E-state index >= 15 is 0 Å². The lowest BCUT2D eigenvalue weighted by Crippen LogP contribution is -2.41. The maximum absolute atomic E-state index is 12.4. The molecule has 120 valence electrons. The summed E-state index contributed by atoms with van der Waals surface area (Å²) in [7, 11) is 1.95. The molecule has 0 fully saturated rings. The van der Waals surface area contributed by atoms with Crippen molar-refractivity contribution < 1.29 is 0 Å². The van der Waals surface area contributed by atoms with Crippen LogP contribution in [-0.2, 0) is 26.6 Å². The third-order valence-electron chi connectivity index (χ3n) is 4.18. The number of imidazole rings is 1. The maximum Gasteiger partial charge on any atom is 0.316 e. The molecule has 3 aromatic rings. The summed E-state index contributed by atoms with van der Waals surface area (Å²) in [6.07, 6.45) is 5.18. The molecule has 0 atom stereocenters. The maximum atomic E-state index is 12.4. The van der Waals surface area contributed by atoms with E-state index in [0.29, 0.717) is 13.1 Å². The monoisotopic (exact) mass is 312 g/mol. The Morgan fingerprint density at radius 2 is 1.70 bits per heavy atom. The molecule has 0 saturated carbocycles. The summed E-state index contributed by atoms with van der Waals surface area (Å²) in [5.41, 5.74) is 1.83. The SMILES string of the molecule is CCn1c(=O)c(=O)n(CCCc2cncn2C)c2ccccc21. The quantitative estimate of drug-likeness (QED) is 0.672. The summed E-state index contributed by atoms with van der Waals surface area (Å²) in [5, 5.41) is 0. The summed E-state index contributed by atoms with van der Waals surface area (Å²) < 4.78 is 5.10. The molecule has 0 aliphatic heterocycles. The Bertz CT molecular complexity index is 949. The predicted molar refractivity (Wildman–Crippen MR) is 89.7 cm³/mol. The molecule has 0 N–H and O–H groups in total. The lowest BCUT2D eigenvalue weighted by atomic mass is 10.2. The van der Waals surface area contributed by atoms with Gasteiger partial charge in [0.2, 0.25) is 0 Å². The number of fused-ring (bicyclic) bond motifs is 1. The predicted octanol–water partition coefficient (Wildman–Crippen LogP) is 1.55. The van der Waals surface area contributed by atoms with Crippen LogP contribution >= 0.6 is 0 Å². The van der Waals surface area contributed by atoms with Gasteiger partial charge in [-0.3, -0.25) is 9.59 Å². The van der Waals surface area contributed by atoms with Gasteiger partial charge in [-0.15, -0.1) is 0 Å². The van der Waals surface area contributed by atoms with Gasteiger partial charge in [0.15, 0.2) is 0 Å². The zero-order valence-corrected chi connectivity index (χ0v) is 13.4. The number of aromatic nitrogens is 4. The molecule has 0 bridgehead atoms. The first-order valence-electron chi connectivity index (χ1n) is 7.81. The van der Waals surface area contributed by atoms with Crippen LogP contribution in [0.1, 0.15) is 19.0 Å². The fourth-order valence-electron chi connectivity index (χ4n) is 2.95. The standard InChI is InChI=1S/C17H20N4O2/c1-3-20-14-8-4-5-9-15(14)21(17(23)16(20)22)10-6-7-13-11-18-12-19(13)2/h4-5,8-9,11-12H,3,6-7,10H2,1-2H3. The fourth-order valence-corrected chi connectivity index (χ4v) is 2.95. The topological polar surface area (TPSA) is 61.8 Å². The van der Waals surface area contributed by atoms with E-state index in [2.05, 4.69) is 4.98 Å². The van der Waals surface area contributed by atoms with Crippen LogP contribution in [0.5, 0.6) is 0 Å². The van der Waals surface area contributed by atoms with Crippen LogP contribution in [0.3, 0.4) is 0 Å². The zero-order chi connectivity index (χ0) is 16.4. The second-order valence-corrected chi connectivity index (χ2v) is 5.59. The van der Waals surface area contributed by atoms with E-state index in [0.717, 1.165) is 29.6 Å². The molecule has 0 radical (unpaired) electrons. The molecule has 2 aromatic heterocycles. The molecular formula is C17H20N4O2. The van der Waals surface area contributed by atoms with Crippen molar-refractivity contribution in [2.45, 2.75) is 32.9 Å². The zero-order valence-electron chi connectivity index (χ0n) is 13.4. The van der Waals surface area contributed by atoms with Crippen LogP contribution in [0.15, 0.2) is 46.4 Å². The summed E-state index contributed by atoms with van der Waals surface area (Å²) in [6.45, 7) is 2.88. The average Bonchev–Trinajstić information content (AvgIpc) is 2.97. The number of aryl methyl sites for hydroxylation is 4. The first kappa shape index (κ1) is 15.3. The van der Waals surface area contributed by atoms with Gasteiger partial charge in [0.1, 0.15) is 0 Å². The molecule has 6 nitrogen and oxygen atoms in total. The number of hydrogen-bond acceptors (Lipinski definition) is 3. The molecule has 2 heterocycles. The normalized spacial score (nSPS) is 11.2. The van der Waals surface area contributed by atoms with E-state index in [1.54, 1.807) is 10.9 Å². The second-order valence-electron chi connectivity index (χ2n) is 5.59. The summed E-state index contributed by atoms with van der Waals surface area (Å²) in [5.74, 6) is 0. The van der Waals surface area contributed by atoms with Crippen LogP contribution in [-0.4, -0.2) is 18.7 Å². The number of para-hydroxylation sites is 2. The van der Waals surface area contributed by atoms with Crippen molar-refractivity contribution in [3.8, 4) is 0 Å². The highest BCUT2D eigenvalue weighted by Gasteiger charge is 2.11. The van der Waals surface area contributed by atoms with Crippen LogP contribution in [0.4, 0.5) is 0 Å². The van der Waals surface area contributed by atoms with Gasteiger partial charge < -0.3 is 13.7 Å². The number of benzene rings is 1. The smallest absolute Gasteiger partial charge is 0.316 e. The molecule has 23 heavy (non-hydrogen) atoms. The van der Waals surface area contributed by atoms with Crippen LogP contribution in [0, 0.1) is 0 Å². The molecule has 6 heteroatoms.